The topological polar surface area (TPSA) is 92.3 Å². The number of thiol groups is 1. The van der Waals surface area contributed by atoms with Gasteiger partial charge in [-0.05, 0) is 24.3 Å². The summed E-state index contributed by atoms with van der Waals surface area (Å²) in [5.41, 5.74) is 2.88. The van der Waals surface area contributed by atoms with Crippen molar-refractivity contribution in [2.24, 2.45) is 0 Å². The maximum Gasteiger partial charge on any atom is 0.225 e. The molecule has 0 unspecified atom stereocenters. The SMILES string of the molecule is CS(=O)(=O)NNc1ccc([SH](=O)=O)cc1. The maximum absolute atomic E-state index is 10.7. The van der Waals surface area contributed by atoms with E-state index in [0.29, 0.717) is 5.69 Å². The van der Waals surface area contributed by atoms with Gasteiger partial charge < -0.3 is 5.43 Å². The fourth-order valence-electron chi connectivity index (χ4n) is 0.818. The van der Waals surface area contributed by atoms with E-state index in [9.17, 15) is 16.8 Å². The van der Waals surface area contributed by atoms with Gasteiger partial charge >= 0.3 is 0 Å². The van der Waals surface area contributed by atoms with Crippen LogP contribution in [0.4, 0.5) is 5.69 Å². The lowest BCUT2D eigenvalue weighted by molar-refractivity contribution is 0.593. The van der Waals surface area contributed by atoms with Crippen molar-refractivity contribution >= 4 is 26.4 Å². The Morgan fingerprint density at radius 2 is 1.67 bits per heavy atom. The summed E-state index contributed by atoms with van der Waals surface area (Å²) in [7, 11) is -5.94. The third-order valence-electron chi connectivity index (χ3n) is 1.46. The second-order valence-electron chi connectivity index (χ2n) is 2.80. The second kappa shape index (κ2) is 4.60. The highest BCUT2D eigenvalue weighted by Crippen LogP contribution is 2.09. The number of rotatable bonds is 4. The molecule has 0 atom stereocenters. The van der Waals surface area contributed by atoms with Crippen molar-refractivity contribution in [1.82, 2.24) is 4.83 Å². The van der Waals surface area contributed by atoms with Crippen LogP contribution in [0.3, 0.4) is 0 Å². The summed E-state index contributed by atoms with van der Waals surface area (Å²) >= 11 is 0. The van der Waals surface area contributed by atoms with Crippen LogP contribution in [-0.2, 0) is 20.7 Å². The first-order valence-electron chi connectivity index (χ1n) is 3.86. The predicted molar refractivity (Wildman–Crippen MR) is 56.6 cm³/mol. The Morgan fingerprint density at radius 3 is 2.07 bits per heavy atom. The lowest BCUT2D eigenvalue weighted by Crippen LogP contribution is -2.27. The van der Waals surface area contributed by atoms with E-state index in [1.807, 2.05) is 0 Å². The number of hydrogen-bond donors (Lipinski definition) is 3. The van der Waals surface area contributed by atoms with Crippen LogP contribution in [0.25, 0.3) is 0 Å². The highest BCUT2D eigenvalue weighted by atomic mass is 32.2. The average molecular weight is 250 g/mol. The van der Waals surface area contributed by atoms with Gasteiger partial charge in [0, 0.05) is 5.69 Å². The van der Waals surface area contributed by atoms with Gasteiger partial charge in [0.1, 0.15) is 0 Å². The minimum atomic E-state index is -3.33. The molecule has 0 aliphatic carbocycles. The lowest BCUT2D eigenvalue weighted by atomic mass is 10.3. The molecular weight excluding hydrogens is 240 g/mol. The van der Waals surface area contributed by atoms with Gasteiger partial charge in [-0.25, -0.2) is 16.8 Å². The van der Waals surface area contributed by atoms with Crippen LogP contribution in [0.1, 0.15) is 0 Å². The fourth-order valence-corrected chi connectivity index (χ4v) is 1.51. The molecule has 0 radical (unpaired) electrons. The number of anilines is 1. The highest BCUT2D eigenvalue weighted by Gasteiger charge is 1.99. The Balaban J connectivity index is 2.73. The molecule has 0 spiro atoms. The van der Waals surface area contributed by atoms with Crippen LogP contribution >= 0.6 is 0 Å². The molecule has 1 rings (SSSR count). The van der Waals surface area contributed by atoms with E-state index in [1.54, 1.807) is 0 Å². The summed E-state index contributed by atoms with van der Waals surface area (Å²) in [5.74, 6) is 0. The van der Waals surface area contributed by atoms with Crippen LogP contribution in [0.5, 0.6) is 0 Å². The maximum atomic E-state index is 10.7. The molecule has 0 amide bonds. The van der Waals surface area contributed by atoms with Gasteiger partial charge in [-0.3, -0.25) is 0 Å². The quantitative estimate of drug-likeness (QED) is 0.496. The molecule has 2 N–H and O–H groups in total. The molecule has 0 heterocycles. The van der Waals surface area contributed by atoms with E-state index >= 15 is 0 Å². The van der Waals surface area contributed by atoms with Gasteiger partial charge in [-0.15, -0.1) is 4.83 Å². The molecule has 1 aromatic rings. The summed E-state index contributed by atoms with van der Waals surface area (Å²) in [6.07, 6.45) is 1.00. The Morgan fingerprint density at radius 1 is 1.13 bits per heavy atom. The van der Waals surface area contributed by atoms with Crippen LogP contribution in [0, 0.1) is 0 Å². The van der Waals surface area contributed by atoms with Gasteiger partial charge in [-0.1, -0.05) is 0 Å². The lowest BCUT2D eigenvalue weighted by Gasteiger charge is -2.05. The average Bonchev–Trinajstić information content (AvgIpc) is 2.14. The van der Waals surface area contributed by atoms with Gasteiger partial charge in [0.2, 0.25) is 10.0 Å². The van der Waals surface area contributed by atoms with Crippen molar-refractivity contribution in [1.29, 1.82) is 0 Å². The fraction of sp³-hybridized carbons (Fsp3) is 0.143. The number of sulfonamides is 1. The third kappa shape index (κ3) is 4.28. The van der Waals surface area contributed by atoms with Gasteiger partial charge in [0.25, 0.3) is 0 Å². The summed E-state index contributed by atoms with van der Waals surface area (Å²) in [4.78, 5) is 2.23. The predicted octanol–water partition coefficient (Wildman–Crippen LogP) is -0.467. The molecule has 0 aliphatic rings. The normalized spacial score (nSPS) is 11.6. The molecule has 0 aromatic heterocycles. The van der Waals surface area contributed by atoms with Gasteiger partial charge in [0.15, 0.2) is 10.7 Å². The van der Waals surface area contributed by atoms with Crippen LogP contribution < -0.4 is 10.3 Å². The first-order chi connectivity index (χ1) is 6.88. The minimum absolute atomic E-state index is 0.176. The Labute approximate surface area is 89.3 Å². The molecule has 84 valence electrons. The molecular formula is C7H10N2O4S2. The molecule has 0 saturated heterocycles. The standard InChI is InChI=1S/C7H10N2O4S2/c1-15(12,13)9-8-6-2-4-7(5-3-6)14(10)11/h2-5,8-9,14H,1H3. The van der Waals surface area contributed by atoms with Crippen LogP contribution in [0.2, 0.25) is 0 Å². The van der Waals surface area contributed by atoms with Crippen molar-refractivity contribution in [3.05, 3.63) is 24.3 Å². The van der Waals surface area contributed by atoms with Crippen molar-refractivity contribution in [2.75, 3.05) is 11.7 Å². The van der Waals surface area contributed by atoms with Gasteiger partial charge in [-0.2, -0.15) is 0 Å². The molecule has 15 heavy (non-hydrogen) atoms. The molecule has 0 fully saturated rings. The van der Waals surface area contributed by atoms with Crippen LogP contribution in [-0.4, -0.2) is 23.1 Å². The van der Waals surface area contributed by atoms with Gasteiger partial charge in [0.05, 0.1) is 11.2 Å². The van der Waals surface area contributed by atoms with Crippen molar-refractivity contribution in [2.45, 2.75) is 4.90 Å². The molecule has 8 heteroatoms. The number of nitrogens with one attached hydrogen (secondary N) is 2. The Kier molecular flexibility index (Phi) is 3.66. The number of hydrogen-bond acceptors (Lipinski definition) is 5. The minimum Gasteiger partial charge on any atom is -0.308 e. The first kappa shape index (κ1) is 12.0. The molecule has 0 bridgehead atoms. The summed E-state index contributed by atoms with van der Waals surface area (Å²) < 4.78 is 42.5. The van der Waals surface area contributed by atoms with E-state index in [-0.39, 0.29) is 4.90 Å². The van der Waals surface area contributed by atoms with E-state index in [2.05, 4.69) is 10.3 Å². The zero-order chi connectivity index (χ0) is 11.5. The zero-order valence-corrected chi connectivity index (χ0v) is 9.51. The highest BCUT2D eigenvalue weighted by molar-refractivity contribution is 7.88. The second-order valence-corrected chi connectivity index (χ2v) is 5.58. The van der Waals surface area contributed by atoms with E-state index in [4.69, 9.17) is 0 Å². The smallest absolute Gasteiger partial charge is 0.225 e. The zero-order valence-electron chi connectivity index (χ0n) is 7.80. The molecule has 1 aromatic carbocycles. The van der Waals surface area contributed by atoms with E-state index in [0.717, 1.165) is 6.26 Å². The van der Waals surface area contributed by atoms with Crippen molar-refractivity contribution in [3.63, 3.8) is 0 Å². The number of benzene rings is 1. The molecule has 6 nitrogen and oxygen atoms in total. The van der Waals surface area contributed by atoms with E-state index in [1.165, 1.54) is 24.3 Å². The van der Waals surface area contributed by atoms with Crippen molar-refractivity contribution < 1.29 is 16.8 Å². The monoisotopic (exact) mass is 250 g/mol. The summed E-state index contributed by atoms with van der Waals surface area (Å²) in [6.45, 7) is 0. The molecule has 0 saturated carbocycles. The first-order valence-corrected chi connectivity index (χ1v) is 6.92. The number of hydrazine groups is 1. The van der Waals surface area contributed by atoms with Crippen LogP contribution in [0.15, 0.2) is 29.2 Å². The Bertz CT molecular complexity index is 496. The third-order valence-corrected chi connectivity index (χ3v) is 2.65. The largest absolute Gasteiger partial charge is 0.308 e. The summed E-state index contributed by atoms with van der Waals surface area (Å²) in [6, 6.07) is 5.66. The Hall–Kier alpha value is -1.12. The van der Waals surface area contributed by atoms with E-state index < -0.39 is 20.7 Å². The molecule has 0 aliphatic heterocycles. The van der Waals surface area contributed by atoms with Crippen molar-refractivity contribution in [3.8, 4) is 0 Å². The summed E-state index contributed by atoms with van der Waals surface area (Å²) in [5, 5.41) is 0.